The van der Waals surface area contributed by atoms with Crippen LogP contribution in [0.2, 0.25) is 0 Å². The monoisotopic (exact) mass is 479 g/mol. The van der Waals surface area contributed by atoms with Crippen LogP contribution in [0.5, 0.6) is 0 Å². The Balaban J connectivity index is 2.16. The van der Waals surface area contributed by atoms with E-state index in [1.54, 1.807) is 4.90 Å². The molecule has 0 spiro atoms. The lowest BCUT2D eigenvalue weighted by atomic mass is 9.90. The van der Waals surface area contributed by atoms with E-state index in [2.05, 4.69) is 53.7 Å². The summed E-state index contributed by atoms with van der Waals surface area (Å²) in [5.41, 5.74) is 2.21. The fourth-order valence-electron chi connectivity index (χ4n) is 4.18. The molecule has 0 radical (unpaired) electrons. The minimum atomic E-state index is -0.418. The first-order chi connectivity index (χ1) is 14.2. The van der Waals surface area contributed by atoms with Gasteiger partial charge in [0.2, 0.25) is 0 Å². The Bertz CT molecular complexity index is 668. The molecule has 0 aliphatic carbocycles. The first-order valence-electron chi connectivity index (χ1n) is 11.2. The van der Waals surface area contributed by atoms with Crippen molar-refractivity contribution in [2.45, 2.75) is 102 Å². The molecule has 0 unspecified atom stereocenters. The Labute approximate surface area is 191 Å². The van der Waals surface area contributed by atoms with Gasteiger partial charge in [-0.15, -0.1) is 0 Å². The molecule has 4 atom stereocenters. The van der Waals surface area contributed by atoms with Gasteiger partial charge in [-0.1, -0.05) is 66.2 Å². The second kappa shape index (κ2) is 11.9. The fraction of sp³-hybridized carbons (Fsp3) is 0.640. The lowest BCUT2D eigenvalue weighted by Crippen LogP contribution is -2.49. The van der Waals surface area contributed by atoms with Crippen molar-refractivity contribution >= 4 is 22.0 Å². The van der Waals surface area contributed by atoms with Crippen LogP contribution in [-0.4, -0.2) is 46.2 Å². The van der Waals surface area contributed by atoms with E-state index in [0.717, 1.165) is 31.3 Å². The molecule has 0 aromatic heterocycles. The number of ether oxygens (including phenoxy) is 2. The predicted molar refractivity (Wildman–Crippen MR) is 127 cm³/mol. The van der Waals surface area contributed by atoms with Crippen LogP contribution < -0.4 is 0 Å². The molecule has 1 aliphatic rings. The van der Waals surface area contributed by atoms with E-state index in [9.17, 15) is 4.79 Å². The number of carbonyl (C=O) groups is 1. The van der Waals surface area contributed by atoms with Crippen molar-refractivity contribution in [3.63, 3.8) is 0 Å². The normalized spacial score (nSPS) is 22.9. The van der Waals surface area contributed by atoms with Gasteiger partial charge < -0.3 is 14.4 Å². The second-order valence-corrected chi connectivity index (χ2v) is 9.98. The first kappa shape index (κ1) is 24.9. The highest BCUT2D eigenvalue weighted by Gasteiger charge is 2.39. The maximum absolute atomic E-state index is 13.0. The molecule has 0 saturated carbocycles. The second-order valence-electron chi connectivity index (χ2n) is 8.80. The minimum absolute atomic E-state index is 0.0551. The van der Waals surface area contributed by atoms with Crippen LogP contribution >= 0.6 is 15.9 Å². The van der Waals surface area contributed by atoms with Crippen molar-refractivity contribution in [1.29, 1.82) is 0 Å². The number of alkyl halides is 1. The van der Waals surface area contributed by atoms with Gasteiger partial charge in [-0.3, -0.25) is 0 Å². The Morgan fingerprint density at radius 2 is 1.87 bits per heavy atom. The van der Waals surface area contributed by atoms with Crippen LogP contribution in [0.1, 0.15) is 65.9 Å². The molecule has 2 rings (SSSR count). The third-order valence-electron chi connectivity index (χ3n) is 5.63. The number of hydrogen-bond acceptors (Lipinski definition) is 3. The lowest BCUT2D eigenvalue weighted by Gasteiger charge is -2.41. The number of halogens is 1. The number of nitrogens with zero attached hydrogens (tertiary/aromatic N) is 1. The maximum Gasteiger partial charge on any atom is 0.410 e. The molecule has 30 heavy (non-hydrogen) atoms. The molecule has 5 heteroatoms. The fourth-order valence-corrected chi connectivity index (χ4v) is 4.95. The predicted octanol–water partition coefficient (Wildman–Crippen LogP) is 6.52. The minimum Gasteiger partial charge on any atom is -0.439 e. The van der Waals surface area contributed by atoms with E-state index in [1.165, 1.54) is 5.56 Å². The molecular formula is C25H38BrNO3. The zero-order valence-corrected chi connectivity index (χ0v) is 20.7. The Kier molecular flexibility index (Phi) is 9.89. The standard InChI is InChI=1S/C25H38BrNO3/c1-7-11-21(26)23-16-19(6)24(30-25(28)27(17(2)3)18(4)5)22(29-23)15-14-20-12-9-8-10-13-20/h8-10,12-13,17-18,21-24H,6-7,11,14-16H2,1-5H3/t21-,22+,23+,24+/m0/s1. The van der Waals surface area contributed by atoms with Crippen LogP contribution in [0, 0.1) is 0 Å². The molecule has 1 heterocycles. The van der Waals surface area contributed by atoms with E-state index in [-0.39, 0.29) is 35.2 Å². The van der Waals surface area contributed by atoms with Crippen LogP contribution in [0.3, 0.4) is 0 Å². The SMILES string of the molecule is C=C1C[C@H]([C@@H](Br)CCC)O[C@H](CCc2ccccc2)[C@@H]1OC(=O)N(C(C)C)C(C)C. The zero-order chi connectivity index (χ0) is 22.3. The van der Waals surface area contributed by atoms with E-state index in [4.69, 9.17) is 9.47 Å². The summed E-state index contributed by atoms with van der Waals surface area (Å²) < 4.78 is 12.5. The number of carbonyl (C=O) groups excluding carboxylic acids is 1. The summed E-state index contributed by atoms with van der Waals surface area (Å²) in [6.07, 6.45) is 3.65. The summed E-state index contributed by atoms with van der Waals surface area (Å²) >= 11 is 3.80. The molecule has 1 aliphatic heterocycles. The number of hydrogen-bond donors (Lipinski definition) is 0. The smallest absolute Gasteiger partial charge is 0.410 e. The number of benzene rings is 1. The summed E-state index contributed by atoms with van der Waals surface area (Å²) in [6, 6.07) is 10.5. The van der Waals surface area contributed by atoms with E-state index in [0.29, 0.717) is 6.42 Å². The summed E-state index contributed by atoms with van der Waals surface area (Å²) in [5.74, 6) is 0. The molecule has 1 fully saturated rings. The Morgan fingerprint density at radius 3 is 2.43 bits per heavy atom. The van der Waals surface area contributed by atoms with Gasteiger partial charge in [-0.25, -0.2) is 4.79 Å². The Morgan fingerprint density at radius 1 is 1.23 bits per heavy atom. The van der Waals surface area contributed by atoms with Crippen LogP contribution in [0.25, 0.3) is 0 Å². The topological polar surface area (TPSA) is 38.8 Å². The number of rotatable bonds is 9. The highest BCUT2D eigenvalue weighted by molar-refractivity contribution is 9.09. The van der Waals surface area contributed by atoms with Crippen LogP contribution in [-0.2, 0) is 15.9 Å². The number of amides is 1. The average Bonchev–Trinajstić information content (AvgIpc) is 2.68. The average molecular weight is 480 g/mol. The van der Waals surface area contributed by atoms with Gasteiger partial charge in [0.25, 0.3) is 0 Å². The van der Waals surface area contributed by atoms with Crippen molar-refractivity contribution in [2.75, 3.05) is 0 Å². The molecule has 0 bridgehead atoms. The van der Waals surface area contributed by atoms with Gasteiger partial charge in [0, 0.05) is 16.9 Å². The molecule has 1 amide bonds. The van der Waals surface area contributed by atoms with E-state index in [1.807, 2.05) is 33.8 Å². The molecule has 1 aromatic carbocycles. The van der Waals surface area contributed by atoms with Crippen molar-refractivity contribution in [2.24, 2.45) is 0 Å². The van der Waals surface area contributed by atoms with Gasteiger partial charge >= 0.3 is 6.09 Å². The largest absolute Gasteiger partial charge is 0.439 e. The molecular weight excluding hydrogens is 442 g/mol. The molecule has 168 valence electrons. The van der Waals surface area contributed by atoms with Crippen molar-refractivity contribution < 1.29 is 14.3 Å². The molecule has 1 aromatic rings. The zero-order valence-electron chi connectivity index (χ0n) is 19.1. The number of aryl methyl sites for hydroxylation is 1. The third kappa shape index (κ3) is 6.84. The molecule has 4 nitrogen and oxygen atoms in total. The molecule has 0 N–H and O–H groups in total. The summed E-state index contributed by atoms with van der Waals surface area (Å²) in [4.78, 5) is 15.0. The first-order valence-corrected chi connectivity index (χ1v) is 12.2. The van der Waals surface area contributed by atoms with Gasteiger partial charge in [-0.2, -0.15) is 0 Å². The lowest BCUT2D eigenvalue weighted by molar-refractivity contribution is -0.102. The van der Waals surface area contributed by atoms with Gasteiger partial charge in [0.05, 0.1) is 12.2 Å². The van der Waals surface area contributed by atoms with E-state index < -0.39 is 6.10 Å². The van der Waals surface area contributed by atoms with Crippen LogP contribution in [0.15, 0.2) is 42.5 Å². The van der Waals surface area contributed by atoms with Gasteiger partial charge in [-0.05, 0) is 64.5 Å². The third-order valence-corrected chi connectivity index (χ3v) is 6.68. The highest BCUT2D eigenvalue weighted by Crippen LogP contribution is 2.34. The summed E-state index contributed by atoms with van der Waals surface area (Å²) in [7, 11) is 0. The Hall–Kier alpha value is -1.33. The molecule has 1 saturated heterocycles. The highest BCUT2D eigenvalue weighted by atomic mass is 79.9. The van der Waals surface area contributed by atoms with Crippen molar-refractivity contribution in [3.05, 3.63) is 48.0 Å². The summed E-state index contributed by atoms with van der Waals surface area (Å²) in [6.45, 7) is 14.5. The maximum atomic E-state index is 13.0. The summed E-state index contributed by atoms with van der Waals surface area (Å²) in [5, 5.41) is 0. The van der Waals surface area contributed by atoms with Crippen LogP contribution in [0.4, 0.5) is 4.79 Å². The van der Waals surface area contributed by atoms with E-state index >= 15 is 0 Å². The van der Waals surface area contributed by atoms with Gasteiger partial charge in [0.15, 0.2) is 6.10 Å². The van der Waals surface area contributed by atoms with Crippen molar-refractivity contribution in [3.8, 4) is 0 Å². The quantitative estimate of drug-likeness (QED) is 0.298. The van der Waals surface area contributed by atoms with Gasteiger partial charge in [0.1, 0.15) is 0 Å². The van der Waals surface area contributed by atoms with Crippen molar-refractivity contribution in [1.82, 2.24) is 4.90 Å².